The smallest absolute Gasteiger partial charge is 0.0776 e. The first kappa shape index (κ1) is 16.0. The van der Waals surface area contributed by atoms with Crippen molar-refractivity contribution in [2.24, 2.45) is 23.0 Å². The lowest BCUT2D eigenvalue weighted by Gasteiger charge is -2.43. The maximum absolute atomic E-state index is 6.61. The van der Waals surface area contributed by atoms with Crippen LogP contribution in [0.2, 0.25) is 0 Å². The molecule has 18 heavy (non-hydrogen) atoms. The van der Waals surface area contributed by atoms with Gasteiger partial charge in [-0.25, -0.2) is 0 Å². The molecular weight excluding hydrogens is 222 g/mol. The van der Waals surface area contributed by atoms with E-state index in [1.165, 1.54) is 32.1 Å². The molecule has 0 aromatic rings. The fourth-order valence-electron chi connectivity index (χ4n) is 3.59. The van der Waals surface area contributed by atoms with Gasteiger partial charge >= 0.3 is 0 Å². The van der Waals surface area contributed by atoms with Crippen LogP contribution in [-0.2, 0) is 4.74 Å². The molecule has 1 aliphatic carbocycles. The quantitative estimate of drug-likeness (QED) is 0.806. The monoisotopic (exact) mass is 255 g/mol. The molecule has 0 bridgehead atoms. The molecule has 0 aromatic carbocycles. The summed E-state index contributed by atoms with van der Waals surface area (Å²) in [4.78, 5) is 0. The van der Waals surface area contributed by atoms with Gasteiger partial charge in [0.15, 0.2) is 0 Å². The average molecular weight is 255 g/mol. The lowest BCUT2D eigenvalue weighted by Crippen LogP contribution is -2.51. The Bertz CT molecular complexity index is 234. The minimum absolute atomic E-state index is 0.130. The molecule has 1 rings (SSSR count). The Morgan fingerprint density at radius 1 is 1.17 bits per heavy atom. The van der Waals surface area contributed by atoms with E-state index in [0.717, 1.165) is 12.5 Å². The summed E-state index contributed by atoms with van der Waals surface area (Å²) >= 11 is 0. The van der Waals surface area contributed by atoms with E-state index >= 15 is 0 Å². The molecule has 0 radical (unpaired) electrons. The van der Waals surface area contributed by atoms with Crippen LogP contribution in [0.5, 0.6) is 0 Å². The summed E-state index contributed by atoms with van der Waals surface area (Å²) < 4.78 is 5.99. The maximum atomic E-state index is 6.61. The molecule has 4 atom stereocenters. The summed E-state index contributed by atoms with van der Waals surface area (Å²) in [5, 5.41) is 0. The first-order valence-corrected chi connectivity index (χ1v) is 7.79. The van der Waals surface area contributed by atoms with Gasteiger partial charge in [-0.2, -0.15) is 0 Å². The highest BCUT2D eigenvalue weighted by atomic mass is 16.5. The van der Waals surface area contributed by atoms with Crippen LogP contribution in [0.1, 0.15) is 66.7 Å². The minimum Gasteiger partial charge on any atom is -0.376 e. The normalized spacial score (nSPS) is 29.0. The van der Waals surface area contributed by atoms with Gasteiger partial charge in [0, 0.05) is 12.6 Å². The number of hydrogen-bond acceptors (Lipinski definition) is 2. The van der Waals surface area contributed by atoms with Crippen molar-refractivity contribution < 1.29 is 4.74 Å². The molecule has 1 fully saturated rings. The Morgan fingerprint density at radius 3 is 2.28 bits per heavy atom. The van der Waals surface area contributed by atoms with E-state index in [4.69, 9.17) is 10.5 Å². The predicted octanol–water partition coefficient (Wildman–Crippen LogP) is 3.98. The van der Waals surface area contributed by atoms with E-state index in [2.05, 4.69) is 34.6 Å². The predicted molar refractivity (Wildman–Crippen MR) is 78.6 cm³/mol. The Balaban J connectivity index is 2.77. The molecule has 0 spiro atoms. The third-order valence-electron chi connectivity index (χ3n) is 4.54. The Kier molecular flexibility index (Phi) is 6.13. The molecule has 0 heterocycles. The fraction of sp³-hybridized carbons (Fsp3) is 1.00. The van der Waals surface area contributed by atoms with Gasteiger partial charge in [0.2, 0.25) is 0 Å². The molecule has 4 unspecified atom stereocenters. The molecule has 2 N–H and O–H groups in total. The van der Waals surface area contributed by atoms with Gasteiger partial charge in [-0.15, -0.1) is 0 Å². The van der Waals surface area contributed by atoms with Crippen LogP contribution in [0.3, 0.4) is 0 Å². The minimum atomic E-state index is 0.130. The first-order chi connectivity index (χ1) is 8.41. The van der Waals surface area contributed by atoms with Crippen LogP contribution in [0.4, 0.5) is 0 Å². The van der Waals surface area contributed by atoms with Crippen molar-refractivity contribution >= 4 is 0 Å². The summed E-state index contributed by atoms with van der Waals surface area (Å²) in [7, 11) is 0. The summed E-state index contributed by atoms with van der Waals surface area (Å²) in [6.45, 7) is 11.9. The highest BCUT2D eigenvalue weighted by Gasteiger charge is 2.38. The van der Waals surface area contributed by atoms with E-state index in [-0.39, 0.29) is 17.6 Å². The highest BCUT2D eigenvalue weighted by molar-refractivity contribution is 4.92. The van der Waals surface area contributed by atoms with Crippen LogP contribution < -0.4 is 5.73 Å². The topological polar surface area (TPSA) is 35.2 Å². The Hall–Kier alpha value is -0.0800. The molecule has 2 nitrogen and oxygen atoms in total. The Labute approximate surface area is 114 Å². The summed E-state index contributed by atoms with van der Waals surface area (Å²) in [6, 6.07) is 0.190. The first-order valence-electron chi connectivity index (χ1n) is 7.79. The van der Waals surface area contributed by atoms with Gasteiger partial charge in [0.05, 0.1) is 6.10 Å². The number of ether oxygens (including phenoxy) is 1. The fourth-order valence-corrected chi connectivity index (χ4v) is 3.59. The van der Waals surface area contributed by atoms with Crippen molar-refractivity contribution in [1.82, 2.24) is 0 Å². The van der Waals surface area contributed by atoms with E-state index in [0.29, 0.717) is 5.92 Å². The molecule has 0 amide bonds. The standard InChI is InChI=1S/C16H33NO/c1-6-12-10-8-9-11-13(12)14(17)15(18-7-2)16(3,4)5/h12-15H,6-11,17H2,1-5H3. The average Bonchev–Trinajstić information content (AvgIpc) is 2.33. The molecule has 2 heteroatoms. The van der Waals surface area contributed by atoms with Crippen LogP contribution in [-0.4, -0.2) is 18.8 Å². The second-order valence-corrected chi connectivity index (χ2v) is 6.94. The van der Waals surface area contributed by atoms with Crippen molar-refractivity contribution in [3.63, 3.8) is 0 Å². The zero-order valence-electron chi connectivity index (χ0n) is 13.0. The maximum Gasteiger partial charge on any atom is 0.0776 e. The largest absolute Gasteiger partial charge is 0.376 e. The van der Waals surface area contributed by atoms with Crippen LogP contribution >= 0.6 is 0 Å². The zero-order chi connectivity index (χ0) is 13.8. The van der Waals surface area contributed by atoms with Crippen molar-refractivity contribution in [3.8, 4) is 0 Å². The Morgan fingerprint density at radius 2 is 1.78 bits per heavy atom. The second-order valence-electron chi connectivity index (χ2n) is 6.94. The molecule has 0 saturated heterocycles. The summed E-state index contributed by atoms with van der Waals surface area (Å²) in [5.41, 5.74) is 6.74. The van der Waals surface area contributed by atoms with Crippen LogP contribution in [0, 0.1) is 17.3 Å². The molecule has 0 aliphatic heterocycles. The van der Waals surface area contributed by atoms with Crippen molar-refractivity contribution in [1.29, 1.82) is 0 Å². The van der Waals surface area contributed by atoms with Gasteiger partial charge in [-0.05, 0) is 30.6 Å². The van der Waals surface area contributed by atoms with E-state index in [1.807, 2.05) is 0 Å². The van der Waals surface area contributed by atoms with E-state index in [9.17, 15) is 0 Å². The molecule has 1 aliphatic rings. The van der Waals surface area contributed by atoms with E-state index in [1.54, 1.807) is 0 Å². The van der Waals surface area contributed by atoms with Gasteiger partial charge < -0.3 is 10.5 Å². The number of nitrogens with two attached hydrogens (primary N) is 1. The molecule has 1 saturated carbocycles. The lowest BCUT2D eigenvalue weighted by atomic mass is 9.69. The number of hydrogen-bond donors (Lipinski definition) is 1. The molecule has 0 aromatic heterocycles. The third-order valence-corrected chi connectivity index (χ3v) is 4.54. The van der Waals surface area contributed by atoms with Gasteiger partial charge in [0.1, 0.15) is 0 Å². The SMILES string of the molecule is CCOC(C(N)C1CCCCC1CC)C(C)(C)C. The van der Waals surface area contributed by atoms with E-state index < -0.39 is 0 Å². The summed E-state index contributed by atoms with van der Waals surface area (Å²) in [5.74, 6) is 1.46. The van der Waals surface area contributed by atoms with Gasteiger partial charge in [-0.3, -0.25) is 0 Å². The highest BCUT2D eigenvalue weighted by Crippen LogP contribution is 2.38. The molecule has 108 valence electrons. The van der Waals surface area contributed by atoms with Crippen LogP contribution in [0.25, 0.3) is 0 Å². The van der Waals surface area contributed by atoms with Crippen molar-refractivity contribution in [3.05, 3.63) is 0 Å². The summed E-state index contributed by atoms with van der Waals surface area (Å²) in [6.07, 6.45) is 6.83. The number of rotatable bonds is 5. The third kappa shape index (κ3) is 3.96. The van der Waals surface area contributed by atoms with Crippen molar-refractivity contribution in [2.75, 3.05) is 6.61 Å². The second kappa shape index (κ2) is 6.91. The molecular formula is C16H33NO. The van der Waals surface area contributed by atoms with Crippen LogP contribution in [0.15, 0.2) is 0 Å². The van der Waals surface area contributed by atoms with Crippen molar-refractivity contribution in [2.45, 2.75) is 78.9 Å². The van der Waals surface area contributed by atoms with Gasteiger partial charge in [0.25, 0.3) is 0 Å². The van der Waals surface area contributed by atoms with Gasteiger partial charge in [-0.1, -0.05) is 53.4 Å². The zero-order valence-corrected chi connectivity index (χ0v) is 13.0. The lowest BCUT2D eigenvalue weighted by molar-refractivity contribution is -0.0501.